The Hall–Kier alpha value is -1.01. The first-order chi connectivity index (χ1) is 8.40. The van der Waals surface area contributed by atoms with E-state index >= 15 is 0 Å². The minimum atomic E-state index is -4.29. The third-order valence-corrected chi connectivity index (χ3v) is 2.95. The van der Waals surface area contributed by atoms with E-state index < -0.39 is 12.7 Å². The zero-order valence-corrected chi connectivity index (χ0v) is 10.2. The van der Waals surface area contributed by atoms with Crippen molar-refractivity contribution in [2.24, 2.45) is 0 Å². The summed E-state index contributed by atoms with van der Waals surface area (Å²) >= 11 is 5.92. The summed E-state index contributed by atoms with van der Waals surface area (Å²) in [6.07, 6.45) is -1.51. The van der Waals surface area contributed by atoms with Gasteiger partial charge in [0, 0.05) is 12.2 Å². The zero-order valence-electron chi connectivity index (χ0n) is 9.41. The van der Waals surface area contributed by atoms with Crippen molar-refractivity contribution in [1.82, 2.24) is 4.98 Å². The van der Waals surface area contributed by atoms with Crippen LogP contribution in [0.2, 0.25) is 5.02 Å². The molecule has 3 nitrogen and oxygen atoms in total. The fourth-order valence-electron chi connectivity index (χ4n) is 1.72. The number of aromatic nitrogens is 1. The van der Waals surface area contributed by atoms with E-state index in [2.05, 4.69) is 4.98 Å². The Morgan fingerprint density at radius 3 is 2.56 bits per heavy atom. The first kappa shape index (κ1) is 13.4. The summed E-state index contributed by atoms with van der Waals surface area (Å²) in [6, 6.07) is 1.30. The van der Waals surface area contributed by atoms with E-state index in [4.69, 9.17) is 16.7 Å². The number of anilines is 1. The van der Waals surface area contributed by atoms with Crippen LogP contribution in [0, 0.1) is 0 Å². The average Bonchev–Trinajstić information content (AvgIpc) is 3.08. The summed E-state index contributed by atoms with van der Waals surface area (Å²) in [5.41, 5.74) is 0.478. The Balaban J connectivity index is 2.25. The van der Waals surface area contributed by atoms with Crippen LogP contribution in [0.4, 0.5) is 19.0 Å². The molecule has 0 unspecified atom stereocenters. The van der Waals surface area contributed by atoms with Crippen LogP contribution < -0.4 is 4.90 Å². The second kappa shape index (κ2) is 4.93. The molecule has 100 valence electrons. The molecular weight excluding hydrogens is 269 g/mol. The number of aliphatic hydroxyl groups is 1. The van der Waals surface area contributed by atoms with Gasteiger partial charge in [-0.05, 0) is 24.5 Å². The molecular formula is C11H12ClF3N2O. The SMILES string of the molecule is OCc1cnc(N(CC(F)(F)F)C2CC2)c(Cl)c1. The molecule has 0 saturated heterocycles. The van der Waals surface area contributed by atoms with E-state index in [-0.39, 0.29) is 23.5 Å². The van der Waals surface area contributed by atoms with E-state index in [1.54, 1.807) is 0 Å². The number of nitrogens with zero attached hydrogens (tertiary/aromatic N) is 2. The van der Waals surface area contributed by atoms with Gasteiger partial charge in [-0.3, -0.25) is 0 Å². The maximum Gasteiger partial charge on any atom is 0.405 e. The van der Waals surface area contributed by atoms with Gasteiger partial charge in [-0.15, -0.1) is 0 Å². The number of aliphatic hydroxyl groups excluding tert-OH is 1. The fourth-order valence-corrected chi connectivity index (χ4v) is 2.02. The maximum absolute atomic E-state index is 12.5. The summed E-state index contributed by atoms with van der Waals surface area (Å²) in [5.74, 6) is 0.133. The average molecular weight is 281 g/mol. The molecule has 1 saturated carbocycles. The van der Waals surface area contributed by atoms with E-state index in [0.29, 0.717) is 5.56 Å². The van der Waals surface area contributed by atoms with Crippen LogP contribution in [0.1, 0.15) is 18.4 Å². The highest BCUT2D eigenvalue weighted by Gasteiger charge is 2.39. The van der Waals surface area contributed by atoms with Crippen LogP contribution in [-0.2, 0) is 6.61 Å². The topological polar surface area (TPSA) is 36.4 Å². The predicted octanol–water partition coefficient (Wildman–Crippen LogP) is 2.76. The van der Waals surface area contributed by atoms with Crippen molar-refractivity contribution in [3.63, 3.8) is 0 Å². The molecule has 1 fully saturated rings. The first-order valence-electron chi connectivity index (χ1n) is 5.49. The quantitative estimate of drug-likeness (QED) is 0.921. The van der Waals surface area contributed by atoms with Gasteiger partial charge >= 0.3 is 6.18 Å². The van der Waals surface area contributed by atoms with Gasteiger partial charge in [-0.2, -0.15) is 13.2 Å². The van der Waals surface area contributed by atoms with E-state index in [0.717, 1.165) is 12.8 Å². The first-order valence-corrected chi connectivity index (χ1v) is 5.87. The van der Waals surface area contributed by atoms with E-state index in [9.17, 15) is 13.2 Å². The molecule has 0 amide bonds. The monoisotopic (exact) mass is 280 g/mol. The number of alkyl halides is 3. The Morgan fingerprint density at radius 2 is 2.11 bits per heavy atom. The highest BCUT2D eigenvalue weighted by atomic mass is 35.5. The Bertz CT molecular complexity index is 435. The van der Waals surface area contributed by atoms with E-state index in [1.165, 1.54) is 17.2 Å². The second-order valence-electron chi connectivity index (χ2n) is 4.28. The molecule has 1 heterocycles. The van der Waals surface area contributed by atoms with Crippen molar-refractivity contribution in [3.05, 3.63) is 22.8 Å². The third kappa shape index (κ3) is 3.26. The summed E-state index contributed by atoms with van der Waals surface area (Å²) in [5, 5.41) is 9.04. The lowest BCUT2D eigenvalue weighted by Crippen LogP contribution is -2.36. The van der Waals surface area contributed by atoms with Crippen molar-refractivity contribution in [3.8, 4) is 0 Å². The maximum atomic E-state index is 12.5. The predicted molar refractivity (Wildman–Crippen MR) is 61.6 cm³/mol. The Kier molecular flexibility index (Phi) is 3.68. The van der Waals surface area contributed by atoms with Crippen molar-refractivity contribution < 1.29 is 18.3 Å². The third-order valence-electron chi connectivity index (χ3n) is 2.67. The number of hydrogen-bond donors (Lipinski definition) is 1. The minimum Gasteiger partial charge on any atom is -0.392 e. The molecule has 0 spiro atoms. The molecule has 0 aromatic carbocycles. The van der Waals surface area contributed by atoms with Gasteiger partial charge in [-0.25, -0.2) is 4.98 Å². The molecule has 1 N–H and O–H groups in total. The van der Waals surface area contributed by atoms with Gasteiger partial charge in [0.2, 0.25) is 0 Å². The molecule has 1 aromatic heterocycles. The summed E-state index contributed by atoms with van der Waals surface area (Å²) in [4.78, 5) is 5.11. The van der Waals surface area contributed by atoms with Crippen molar-refractivity contribution in [1.29, 1.82) is 0 Å². The molecule has 0 radical (unpaired) electrons. The van der Waals surface area contributed by atoms with Crippen LogP contribution in [0.3, 0.4) is 0 Å². The van der Waals surface area contributed by atoms with Gasteiger partial charge in [0.1, 0.15) is 12.4 Å². The lowest BCUT2D eigenvalue weighted by Gasteiger charge is -2.25. The lowest BCUT2D eigenvalue weighted by molar-refractivity contribution is -0.120. The Labute approximate surface area is 107 Å². The van der Waals surface area contributed by atoms with Gasteiger partial charge in [-0.1, -0.05) is 11.6 Å². The number of rotatable bonds is 4. The molecule has 2 rings (SSSR count). The van der Waals surface area contributed by atoms with Gasteiger partial charge in [0.25, 0.3) is 0 Å². The normalized spacial score (nSPS) is 15.8. The number of pyridine rings is 1. The lowest BCUT2D eigenvalue weighted by atomic mass is 10.3. The summed E-state index contributed by atoms with van der Waals surface area (Å²) in [7, 11) is 0. The summed E-state index contributed by atoms with van der Waals surface area (Å²) in [6.45, 7) is -1.29. The molecule has 0 aliphatic heterocycles. The van der Waals surface area contributed by atoms with Crippen LogP contribution >= 0.6 is 11.6 Å². The molecule has 0 atom stereocenters. The fraction of sp³-hybridized carbons (Fsp3) is 0.545. The molecule has 7 heteroatoms. The van der Waals surface area contributed by atoms with Crippen molar-refractivity contribution >= 4 is 17.4 Å². The number of hydrogen-bond acceptors (Lipinski definition) is 3. The van der Waals surface area contributed by atoms with Crippen molar-refractivity contribution in [2.45, 2.75) is 31.7 Å². The largest absolute Gasteiger partial charge is 0.405 e. The highest BCUT2D eigenvalue weighted by molar-refractivity contribution is 6.33. The standard InChI is InChI=1S/C11H12ClF3N2O/c12-9-3-7(5-18)4-16-10(9)17(8-1-2-8)6-11(13,14)15/h3-4,8,18H,1-2,5-6H2. The molecule has 18 heavy (non-hydrogen) atoms. The van der Waals surface area contributed by atoms with Crippen LogP contribution in [0.25, 0.3) is 0 Å². The molecule has 1 aliphatic rings. The smallest absolute Gasteiger partial charge is 0.392 e. The van der Waals surface area contributed by atoms with Crippen LogP contribution in [-0.4, -0.2) is 28.9 Å². The summed E-state index contributed by atoms with van der Waals surface area (Å²) < 4.78 is 37.5. The van der Waals surface area contributed by atoms with Crippen molar-refractivity contribution in [2.75, 3.05) is 11.4 Å². The second-order valence-corrected chi connectivity index (χ2v) is 4.69. The van der Waals surface area contributed by atoms with Gasteiger partial charge in [0.05, 0.1) is 11.6 Å². The number of halogens is 4. The van der Waals surface area contributed by atoms with E-state index in [1.807, 2.05) is 0 Å². The highest BCUT2D eigenvalue weighted by Crippen LogP contribution is 2.36. The van der Waals surface area contributed by atoms with Gasteiger partial charge in [0.15, 0.2) is 0 Å². The zero-order chi connectivity index (χ0) is 13.3. The van der Waals surface area contributed by atoms with Crippen LogP contribution in [0.5, 0.6) is 0 Å². The van der Waals surface area contributed by atoms with Gasteiger partial charge < -0.3 is 10.0 Å². The Morgan fingerprint density at radius 1 is 1.44 bits per heavy atom. The van der Waals surface area contributed by atoms with Crippen LogP contribution in [0.15, 0.2) is 12.3 Å². The minimum absolute atomic E-state index is 0.133. The molecule has 0 bridgehead atoms. The molecule has 1 aromatic rings. The molecule has 1 aliphatic carbocycles.